The third-order valence-electron chi connectivity index (χ3n) is 5.21. The van der Waals surface area contributed by atoms with Crippen LogP contribution >= 0.6 is 11.3 Å². The topological polar surface area (TPSA) is 87.7 Å². The molecule has 4 rings (SSSR count). The normalized spacial score (nSPS) is 12.6. The minimum atomic E-state index is -0.172. The number of amides is 1. The van der Waals surface area contributed by atoms with E-state index in [2.05, 4.69) is 62.6 Å². The molecule has 34 heavy (non-hydrogen) atoms. The minimum absolute atomic E-state index is 0.0275. The molecule has 8 nitrogen and oxygen atoms in total. The van der Waals surface area contributed by atoms with E-state index in [1.165, 1.54) is 16.9 Å². The average Bonchev–Trinajstić information content (AvgIpc) is 3.45. The van der Waals surface area contributed by atoms with Crippen LogP contribution in [0.3, 0.4) is 0 Å². The van der Waals surface area contributed by atoms with E-state index in [9.17, 15) is 4.79 Å². The van der Waals surface area contributed by atoms with E-state index in [0.29, 0.717) is 6.42 Å². The summed E-state index contributed by atoms with van der Waals surface area (Å²) in [6.45, 7) is 10.6. The number of hydrogen-bond acceptors (Lipinski definition) is 7. The number of carbonyl (C=O) groups excluding carboxylic acids is 1. The first kappa shape index (κ1) is 23.8. The van der Waals surface area contributed by atoms with E-state index in [1.54, 1.807) is 6.26 Å². The number of aryl methyl sites for hydroxylation is 1. The average molecular weight is 481 g/mol. The van der Waals surface area contributed by atoms with Crippen LogP contribution in [0.5, 0.6) is 0 Å². The number of imidazole rings is 1. The van der Waals surface area contributed by atoms with Crippen LogP contribution in [0.15, 0.2) is 47.1 Å². The van der Waals surface area contributed by atoms with Gasteiger partial charge in [-0.3, -0.25) is 4.79 Å². The molecular weight excluding hydrogens is 448 g/mol. The molecule has 180 valence electrons. The van der Waals surface area contributed by atoms with Gasteiger partial charge in [0.15, 0.2) is 5.82 Å². The van der Waals surface area contributed by atoms with Crippen molar-refractivity contribution in [2.75, 3.05) is 23.8 Å². The summed E-state index contributed by atoms with van der Waals surface area (Å²) in [5.41, 5.74) is 2.94. The molecule has 0 bridgehead atoms. The summed E-state index contributed by atoms with van der Waals surface area (Å²) in [5, 5.41) is 12.1. The third-order valence-corrected chi connectivity index (χ3v) is 6.24. The number of nitrogens with one attached hydrogen (secondary N) is 2. The Morgan fingerprint density at radius 2 is 1.97 bits per heavy atom. The Kier molecular flexibility index (Phi) is 6.65. The number of anilines is 2. The molecule has 0 radical (unpaired) electrons. The molecule has 1 amide bonds. The number of likely N-dealkylation sites (N-methyl/N-ethyl adjacent to an activating group) is 1. The number of carbonyl (C=O) groups is 1. The van der Waals surface area contributed by atoms with Crippen molar-refractivity contribution in [1.82, 2.24) is 19.9 Å². The van der Waals surface area contributed by atoms with Gasteiger partial charge in [0.05, 0.1) is 12.8 Å². The summed E-state index contributed by atoms with van der Waals surface area (Å²) in [6, 6.07) is 12.1. The number of aromatic nitrogens is 3. The number of fused-ring (bicyclic) bond motifs is 1. The quantitative estimate of drug-likeness (QED) is 0.378. The highest BCUT2D eigenvalue weighted by molar-refractivity contribution is 7.20. The largest absolute Gasteiger partial charge is 0.469 e. The van der Waals surface area contributed by atoms with Gasteiger partial charge in [0.2, 0.25) is 16.0 Å². The van der Waals surface area contributed by atoms with Gasteiger partial charge in [-0.1, -0.05) is 41.2 Å². The monoisotopic (exact) mass is 480 g/mol. The Balaban J connectivity index is 1.53. The van der Waals surface area contributed by atoms with Gasteiger partial charge in [-0.05, 0) is 46.8 Å². The van der Waals surface area contributed by atoms with Crippen molar-refractivity contribution >= 4 is 33.2 Å². The fourth-order valence-electron chi connectivity index (χ4n) is 3.66. The summed E-state index contributed by atoms with van der Waals surface area (Å²) >= 11 is 1.46. The fraction of sp³-hybridized carbons (Fsp3) is 0.400. The van der Waals surface area contributed by atoms with E-state index in [0.717, 1.165) is 32.9 Å². The van der Waals surface area contributed by atoms with Crippen molar-refractivity contribution in [2.45, 2.75) is 52.6 Å². The van der Waals surface area contributed by atoms with Gasteiger partial charge in [0.25, 0.3) is 0 Å². The van der Waals surface area contributed by atoms with Crippen LogP contribution < -0.4 is 15.5 Å². The Bertz CT molecular complexity index is 1250. The number of furan rings is 1. The second-order valence-electron chi connectivity index (χ2n) is 9.74. The predicted molar refractivity (Wildman–Crippen MR) is 138 cm³/mol. The summed E-state index contributed by atoms with van der Waals surface area (Å²) in [6.07, 6.45) is 2.29. The van der Waals surface area contributed by atoms with Gasteiger partial charge in [-0.25, -0.2) is 4.98 Å². The minimum Gasteiger partial charge on any atom is -0.469 e. The molecule has 2 N–H and O–H groups in total. The third kappa shape index (κ3) is 5.59. The highest BCUT2D eigenvalue weighted by atomic mass is 32.1. The molecule has 0 fully saturated rings. The first-order valence-corrected chi connectivity index (χ1v) is 12.2. The van der Waals surface area contributed by atoms with Gasteiger partial charge in [-0.15, -0.1) is 5.10 Å². The van der Waals surface area contributed by atoms with Crippen LogP contribution in [-0.2, 0) is 11.2 Å². The SMILES string of the molecule is Cc1ccc(-c2nc3sc(N(C)CC(=O)N[C@@H](C)Cc4ccco4)nn3c2NC(C)(C)C)cc1. The molecule has 0 aliphatic rings. The smallest absolute Gasteiger partial charge is 0.239 e. The van der Waals surface area contributed by atoms with Crippen molar-refractivity contribution in [2.24, 2.45) is 0 Å². The van der Waals surface area contributed by atoms with Crippen LogP contribution in [0.25, 0.3) is 16.2 Å². The van der Waals surface area contributed by atoms with Gasteiger partial charge in [0.1, 0.15) is 11.5 Å². The lowest BCUT2D eigenvalue weighted by atomic mass is 10.1. The Labute approximate surface area is 204 Å². The van der Waals surface area contributed by atoms with Crippen LogP contribution in [0.1, 0.15) is 39.0 Å². The van der Waals surface area contributed by atoms with Gasteiger partial charge < -0.3 is 20.0 Å². The zero-order valence-electron chi connectivity index (χ0n) is 20.5. The Morgan fingerprint density at radius 1 is 1.24 bits per heavy atom. The van der Waals surface area contributed by atoms with Crippen molar-refractivity contribution in [3.8, 4) is 11.3 Å². The second-order valence-corrected chi connectivity index (χ2v) is 10.7. The maximum absolute atomic E-state index is 12.6. The number of benzene rings is 1. The first-order valence-electron chi connectivity index (χ1n) is 11.4. The van der Waals surface area contributed by atoms with E-state index >= 15 is 0 Å². The first-order chi connectivity index (χ1) is 16.1. The highest BCUT2D eigenvalue weighted by Crippen LogP contribution is 2.34. The molecule has 3 aromatic heterocycles. The molecule has 3 heterocycles. The molecular formula is C25H32N6O2S. The standard InChI is InChI=1S/C25H32N6O2S/c1-16-9-11-18(12-10-16)21-22(28-25(3,4)5)31-23(27-21)34-24(29-31)30(6)15-20(32)26-17(2)14-19-8-7-13-33-19/h7-13,17,28H,14-15H2,1-6H3,(H,26,32)/t17-/m0/s1. The maximum atomic E-state index is 12.6. The molecule has 0 aliphatic heterocycles. The lowest BCUT2D eigenvalue weighted by molar-refractivity contribution is -0.120. The van der Waals surface area contributed by atoms with Crippen molar-refractivity contribution in [3.63, 3.8) is 0 Å². The summed E-state index contributed by atoms with van der Waals surface area (Å²) < 4.78 is 7.21. The summed E-state index contributed by atoms with van der Waals surface area (Å²) in [7, 11) is 1.87. The zero-order valence-corrected chi connectivity index (χ0v) is 21.4. The van der Waals surface area contributed by atoms with Crippen LogP contribution in [0.4, 0.5) is 10.9 Å². The van der Waals surface area contributed by atoms with Crippen LogP contribution in [-0.4, -0.2) is 45.7 Å². The summed E-state index contributed by atoms with van der Waals surface area (Å²) in [5.74, 6) is 1.63. The molecule has 0 saturated carbocycles. The lowest BCUT2D eigenvalue weighted by Crippen LogP contribution is -2.40. The van der Waals surface area contributed by atoms with Gasteiger partial charge in [0, 0.05) is 30.6 Å². The molecule has 4 aromatic rings. The van der Waals surface area contributed by atoms with E-state index in [1.807, 2.05) is 35.5 Å². The van der Waals surface area contributed by atoms with Crippen LogP contribution in [0.2, 0.25) is 0 Å². The Hall–Kier alpha value is -3.33. The molecule has 0 aliphatic carbocycles. The predicted octanol–water partition coefficient (Wildman–Crippen LogP) is 4.75. The van der Waals surface area contributed by atoms with E-state index in [-0.39, 0.29) is 24.0 Å². The van der Waals surface area contributed by atoms with Gasteiger partial charge >= 0.3 is 0 Å². The van der Waals surface area contributed by atoms with E-state index < -0.39 is 0 Å². The summed E-state index contributed by atoms with van der Waals surface area (Å²) in [4.78, 5) is 20.1. The molecule has 0 spiro atoms. The molecule has 9 heteroatoms. The lowest BCUT2D eigenvalue weighted by Gasteiger charge is -2.22. The Morgan fingerprint density at radius 3 is 2.62 bits per heavy atom. The highest BCUT2D eigenvalue weighted by Gasteiger charge is 2.23. The van der Waals surface area contributed by atoms with E-state index in [4.69, 9.17) is 14.5 Å². The molecule has 1 aromatic carbocycles. The molecule has 1 atom stereocenters. The molecule has 0 saturated heterocycles. The zero-order chi connectivity index (χ0) is 24.5. The van der Waals surface area contributed by atoms with Gasteiger partial charge in [-0.2, -0.15) is 4.52 Å². The van der Waals surface area contributed by atoms with Crippen molar-refractivity contribution in [3.05, 3.63) is 54.0 Å². The number of hydrogen-bond donors (Lipinski definition) is 2. The maximum Gasteiger partial charge on any atom is 0.239 e. The second kappa shape index (κ2) is 9.50. The van der Waals surface area contributed by atoms with Crippen molar-refractivity contribution < 1.29 is 9.21 Å². The van der Waals surface area contributed by atoms with Crippen LogP contribution in [0, 0.1) is 6.92 Å². The fourth-order valence-corrected chi connectivity index (χ4v) is 4.52. The van der Waals surface area contributed by atoms with Crippen molar-refractivity contribution in [1.29, 1.82) is 0 Å². The molecule has 0 unspecified atom stereocenters. The number of nitrogens with zero attached hydrogens (tertiary/aromatic N) is 4. The number of rotatable bonds is 8.